The third kappa shape index (κ3) is 5.60. The quantitative estimate of drug-likeness (QED) is 0.567. The van der Waals surface area contributed by atoms with Crippen LogP contribution in [0.1, 0.15) is 18.4 Å². The molecule has 0 amide bonds. The van der Waals surface area contributed by atoms with Crippen molar-refractivity contribution in [2.75, 3.05) is 12.0 Å². The fourth-order valence-electron chi connectivity index (χ4n) is 1.53. The molecule has 0 fully saturated rings. The first kappa shape index (κ1) is 13.6. The highest BCUT2D eigenvalue weighted by molar-refractivity contribution is 7.90. The molecule has 1 rings (SSSR count). The maximum Gasteiger partial charge on any atom is 0.147 e. The summed E-state index contributed by atoms with van der Waals surface area (Å²) in [6.45, 7) is 0. The molecule has 0 aliphatic heterocycles. The first-order valence-electron chi connectivity index (χ1n) is 5.16. The average molecular weight is 262 g/mol. The lowest BCUT2D eigenvalue weighted by molar-refractivity contribution is 0.485. The van der Waals surface area contributed by atoms with Gasteiger partial charge in [0.05, 0.1) is 0 Å². The van der Waals surface area contributed by atoms with E-state index in [4.69, 9.17) is 5.84 Å². The van der Waals surface area contributed by atoms with Crippen molar-refractivity contribution in [1.29, 1.82) is 0 Å². The number of sulfone groups is 1. The molecule has 1 atom stereocenters. The standard InChI is InChI=1S/C10H18N2O2S2/c1-16(13,14)6-2-3-10(12-11)7-9-4-5-15-8-9/h4-5,8,10,12H,2-3,6-7,11H2,1H3. The largest absolute Gasteiger partial charge is 0.271 e. The Balaban J connectivity index is 2.32. The zero-order valence-corrected chi connectivity index (χ0v) is 11.0. The van der Waals surface area contributed by atoms with E-state index < -0.39 is 9.84 Å². The summed E-state index contributed by atoms with van der Waals surface area (Å²) < 4.78 is 21.9. The van der Waals surface area contributed by atoms with Crippen LogP contribution in [-0.4, -0.2) is 26.5 Å². The second-order valence-electron chi connectivity index (χ2n) is 3.97. The number of hydrogen-bond donors (Lipinski definition) is 2. The zero-order chi connectivity index (χ0) is 12.0. The molecule has 6 heteroatoms. The molecule has 0 saturated carbocycles. The van der Waals surface area contributed by atoms with E-state index in [1.807, 2.05) is 5.38 Å². The van der Waals surface area contributed by atoms with E-state index in [1.54, 1.807) is 11.3 Å². The van der Waals surface area contributed by atoms with Crippen LogP contribution in [0.5, 0.6) is 0 Å². The maximum atomic E-state index is 11.0. The summed E-state index contributed by atoms with van der Waals surface area (Å²) in [6, 6.07) is 2.21. The molecule has 3 N–H and O–H groups in total. The Morgan fingerprint density at radius 1 is 1.56 bits per heavy atom. The molecule has 1 heterocycles. The van der Waals surface area contributed by atoms with Crippen molar-refractivity contribution < 1.29 is 8.42 Å². The topological polar surface area (TPSA) is 72.2 Å². The van der Waals surface area contributed by atoms with Gasteiger partial charge in [0.1, 0.15) is 9.84 Å². The van der Waals surface area contributed by atoms with Gasteiger partial charge in [-0.15, -0.1) is 0 Å². The summed E-state index contributed by atoms with van der Waals surface area (Å²) in [5.74, 6) is 5.67. The van der Waals surface area contributed by atoms with Gasteiger partial charge in [0, 0.05) is 18.1 Å². The van der Waals surface area contributed by atoms with Crippen LogP contribution >= 0.6 is 11.3 Å². The van der Waals surface area contributed by atoms with E-state index in [0.29, 0.717) is 6.42 Å². The fourth-order valence-corrected chi connectivity index (χ4v) is 2.90. The van der Waals surface area contributed by atoms with Gasteiger partial charge in [0.25, 0.3) is 0 Å². The van der Waals surface area contributed by atoms with Gasteiger partial charge in [-0.2, -0.15) is 11.3 Å². The minimum Gasteiger partial charge on any atom is -0.271 e. The Labute approximate surface area is 101 Å². The van der Waals surface area contributed by atoms with Gasteiger partial charge in [0.2, 0.25) is 0 Å². The predicted molar refractivity (Wildman–Crippen MR) is 68.1 cm³/mol. The highest BCUT2D eigenvalue weighted by Gasteiger charge is 2.10. The number of nitrogens with one attached hydrogen (secondary N) is 1. The minimum atomic E-state index is -2.86. The van der Waals surface area contributed by atoms with Crippen molar-refractivity contribution in [2.24, 2.45) is 5.84 Å². The van der Waals surface area contributed by atoms with Crippen molar-refractivity contribution in [1.82, 2.24) is 5.43 Å². The van der Waals surface area contributed by atoms with Gasteiger partial charge < -0.3 is 0 Å². The SMILES string of the molecule is CS(=O)(=O)CCCC(Cc1ccsc1)NN. The lowest BCUT2D eigenvalue weighted by atomic mass is 10.1. The van der Waals surface area contributed by atoms with Crippen LogP contribution in [-0.2, 0) is 16.3 Å². The Morgan fingerprint density at radius 2 is 2.31 bits per heavy atom. The summed E-state index contributed by atoms with van der Waals surface area (Å²) in [7, 11) is -2.86. The number of hydrazine groups is 1. The summed E-state index contributed by atoms with van der Waals surface area (Å²) in [5.41, 5.74) is 3.98. The number of thiophene rings is 1. The number of nitrogens with two attached hydrogens (primary N) is 1. The Kier molecular flexibility index (Phi) is 5.40. The van der Waals surface area contributed by atoms with Gasteiger partial charge in [-0.3, -0.25) is 11.3 Å². The van der Waals surface area contributed by atoms with Crippen LogP contribution in [0.3, 0.4) is 0 Å². The molecule has 4 nitrogen and oxygen atoms in total. The van der Waals surface area contributed by atoms with Gasteiger partial charge in [0.15, 0.2) is 0 Å². The number of rotatable bonds is 7. The van der Waals surface area contributed by atoms with Crippen molar-refractivity contribution in [3.63, 3.8) is 0 Å². The molecule has 0 aliphatic rings. The molecule has 0 bridgehead atoms. The minimum absolute atomic E-state index is 0.149. The van der Waals surface area contributed by atoms with Crippen molar-refractivity contribution >= 4 is 21.2 Å². The van der Waals surface area contributed by atoms with E-state index in [9.17, 15) is 8.42 Å². The highest BCUT2D eigenvalue weighted by atomic mass is 32.2. The zero-order valence-electron chi connectivity index (χ0n) is 9.35. The van der Waals surface area contributed by atoms with Crippen LogP contribution in [0, 0.1) is 0 Å². The maximum absolute atomic E-state index is 11.0. The van der Waals surface area contributed by atoms with E-state index in [1.165, 1.54) is 11.8 Å². The molecule has 1 unspecified atom stereocenters. The normalized spacial score (nSPS) is 13.9. The summed E-state index contributed by atoms with van der Waals surface area (Å²) in [4.78, 5) is 0. The van der Waals surface area contributed by atoms with Gasteiger partial charge in [-0.05, 0) is 41.7 Å². The molecule has 1 aromatic heterocycles. The molecule has 0 spiro atoms. The van der Waals surface area contributed by atoms with Crippen LogP contribution in [0.25, 0.3) is 0 Å². The molecule has 0 radical (unpaired) electrons. The third-order valence-electron chi connectivity index (χ3n) is 2.37. The van der Waals surface area contributed by atoms with Crippen LogP contribution in [0.4, 0.5) is 0 Å². The van der Waals surface area contributed by atoms with Gasteiger partial charge >= 0.3 is 0 Å². The Morgan fingerprint density at radius 3 is 2.81 bits per heavy atom. The summed E-state index contributed by atoms with van der Waals surface area (Å²) >= 11 is 1.66. The summed E-state index contributed by atoms with van der Waals surface area (Å²) in [5, 5.41) is 4.11. The van der Waals surface area contributed by atoms with E-state index in [0.717, 1.165) is 12.8 Å². The Bertz CT molecular complexity index is 387. The lowest BCUT2D eigenvalue weighted by Crippen LogP contribution is -2.36. The molecular weight excluding hydrogens is 244 g/mol. The second kappa shape index (κ2) is 6.34. The van der Waals surface area contributed by atoms with Gasteiger partial charge in [-0.1, -0.05) is 0 Å². The predicted octanol–water partition coefficient (Wildman–Crippen LogP) is 0.947. The third-order valence-corrected chi connectivity index (χ3v) is 4.13. The second-order valence-corrected chi connectivity index (χ2v) is 7.01. The molecule has 0 aliphatic carbocycles. The fraction of sp³-hybridized carbons (Fsp3) is 0.600. The lowest BCUT2D eigenvalue weighted by Gasteiger charge is -2.14. The highest BCUT2D eigenvalue weighted by Crippen LogP contribution is 2.11. The molecule has 0 aromatic carbocycles. The molecule has 1 aromatic rings. The van der Waals surface area contributed by atoms with Crippen LogP contribution in [0.15, 0.2) is 16.8 Å². The van der Waals surface area contributed by atoms with Crippen molar-refractivity contribution in [3.8, 4) is 0 Å². The Hall–Kier alpha value is -0.430. The molecule has 16 heavy (non-hydrogen) atoms. The number of hydrogen-bond acceptors (Lipinski definition) is 5. The van der Waals surface area contributed by atoms with Crippen LogP contribution in [0.2, 0.25) is 0 Å². The van der Waals surface area contributed by atoms with E-state index in [-0.39, 0.29) is 11.8 Å². The first-order valence-corrected chi connectivity index (χ1v) is 8.16. The monoisotopic (exact) mass is 262 g/mol. The molecule has 92 valence electrons. The van der Waals surface area contributed by atoms with Gasteiger partial charge in [-0.25, -0.2) is 8.42 Å². The molecular formula is C10H18N2O2S2. The first-order chi connectivity index (χ1) is 7.51. The summed E-state index contributed by atoms with van der Waals surface area (Å²) in [6.07, 6.45) is 3.54. The van der Waals surface area contributed by atoms with Crippen molar-refractivity contribution in [2.45, 2.75) is 25.3 Å². The van der Waals surface area contributed by atoms with E-state index >= 15 is 0 Å². The average Bonchev–Trinajstić information content (AvgIpc) is 2.67. The van der Waals surface area contributed by atoms with E-state index in [2.05, 4.69) is 16.9 Å². The smallest absolute Gasteiger partial charge is 0.147 e. The molecule has 0 saturated heterocycles. The van der Waals surface area contributed by atoms with Crippen molar-refractivity contribution in [3.05, 3.63) is 22.4 Å². The van der Waals surface area contributed by atoms with Crippen LogP contribution < -0.4 is 11.3 Å².